The third-order valence-electron chi connectivity index (χ3n) is 7.40. The molecule has 0 aliphatic carbocycles. The second kappa shape index (κ2) is 9.87. The molecule has 8 nitrogen and oxygen atoms in total. The third-order valence-corrected chi connectivity index (χ3v) is 7.40. The standard InChI is InChI=1S/C27H32N4O4/c1-32-21-3-4-22-23(15-21)27(30-29-26(22)19-8-12-33-13-9-19)28-20-6-10-31(11-7-20)16-18-2-5-24-25(14-18)35-17-34-24/h2-5,14-15,19-20H,6-13,16-17H2,1H3,(H,28,30). The Labute approximate surface area is 205 Å². The van der Waals surface area contributed by atoms with Crippen molar-refractivity contribution in [3.63, 3.8) is 0 Å². The molecule has 6 rings (SSSR count). The summed E-state index contributed by atoms with van der Waals surface area (Å²) in [6.45, 7) is 4.87. The van der Waals surface area contributed by atoms with Gasteiger partial charge in [0.2, 0.25) is 6.79 Å². The van der Waals surface area contributed by atoms with E-state index in [-0.39, 0.29) is 0 Å². The Balaban J connectivity index is 1.15. The Morgan fingerprint density at radius 3 is 2.60 bits per heavy atom. The molecule has 1 aromatic heterocycles. The number of hydrogen-bond donors (Lipinski definition) is 1. The molecule has 0 radical (unpaired) electrons. The molecule has 0 spiro atoms. The summed E-state index contributed by atoms with van der Waals surface area (Å²) in [5.41, 5.74) is 2.34. The minimum Gasteiger partial charge on any atom is -0.497 e. The highest BCUT2D eigenvalue weighted by atomic mass is 16.7. The maximum atomic E-state index is 5.56. The van der Waals surface area contributed by atoms with Crippen LogP contribution < -0.4 is 19.5 Å². The molecular formula is C27H32N4O4. The van der Waals surface area contributed by atoms with Gasteiger partial charge in [-0.25, -0.2) is 0 Å². The highest BCUT2D eigenvalue weighted by molar-refractivity contribution is 5.94. The smallest absolute Gasteiger partial charge is 0.231 e. The van der Waals surface area contributed by atoms with Crippen LogP contribution in [0, 0.1) is 0 Å². The summed E-state index contributed by atoms with van der Waals surface area (Å²) in [5.74, 6) is 3.77. The van der Waals surface area contributed by atoms with E-state index in [1.165, 1.54) is 5.56 Å². The molecule has 3 aliphatic heterocycles. The Morgan fingerprint density at radius 2 is 1.77 bits per heavy atom. The van der Waals surface area contributed by atoms with Gasteiger partial charge in [-0.05, 0) is 61.6 Å². The van der Waals surface area contributed by atoms with E-state index in [1.54, 1.807) is 7.11 Å². The molecule has 35 heavy (non-hydrogen) atoms. The highest BCUT2D eigenvalue weighted by Gasteiger charge is 2.24. The van der Waals surface area contributed by atoms with E-state index in [1.807, 2.05) is 12.1 Å². The van der Waals surface area contributed by atoms with E-state index >= 15 is 0 Å². The monoisotopic (exact) mass is 476 g/mol. The maximum Gasteiger partial charge on any atom is 0.231 e. The molecule has 0 atom stereocenters. The van der Waals surface area contributed by atoms with Gasteiger partial charge in [0, 0.05) is 55.6 Å². The average molecular weight is 477 g/mol. The van der Waals surface area contributed by atoms with E-state index < -0.39 is 0 Å². The Bertz CT molecular complexity index is 1190. The number of aromatic nitrogens is 2. The lowest BCUT2D eigenvalue weighted by Crippen LogP contribution is -2.38. The van der Waals surface area contributed by atoms with Crippen molar-refractivity contribution in [1.29, 1.82) is 0 Å². The van der Waals surface area contributed by atoms with Crippen LogP contribution in [-0.4, -0.2) is 61.3 Å². The zero-order valence-corrected chi connectivity index (χ0v) is 20.2. The Kier molecular flexibility index (Phi) is 6.31. The topological polar surface area (TPSA) is 78.0 Å². The van der Waals surface area contributed by atoms with E-state index in [2.05, 4.69) is 39.6 Å². The number of benzene rings is 2. The quantitative estimate of drug-likeness (QED) is 0.563. The van der Waals surface area contributed by atoms with Gasteiger partial charge >= 0.3 is 0 Å². The van der Waals surface area contributed by atoms with Crippen LogP contribution in [0.3, 0.4) is 0 Å². The van der Waals surface area contributed by atoms with Gasteiger partial charge < -0.3 is 24.3 Å². The fourth-order valence-electron chi connectivity index (χ4n) is 5.39. The lowest BCUT2D eigenvalue weighted by atomic mass is 9.92. The zero-order valence-electron chi connectivity index (χ0n) is 20.2. The van der Waals surface area contributed by atoms with Gasteiger partial charge in [0.1, 0.15) is 5.75 Å². The van der Waals surface area contributed by atoms with E-state index in [0.717, 1.165) is 98.1 Å². The molecule has 3 aromatic rings. The largest absolute Gasteiger partial charge is 0.497 e. The van der Waals surface area contributed by atoms with Crippen LogP contribution in [-0.2, 0) is 11.3 Å². The summed E-state index contributed by atoms with van der Waals surface area (Å²) in [6.07, 6.45) is 4.09. The van der Waals surface area contributed by atoms with E-state index in [4.69, 9.17) is 24.0 Å². The molecule has 0 unspecified atom stereocenters. The van der Waals surface area contributed by atoms with Gasteiger partial charge in [0.05, 0.1) is 12.8 Å². The molecular weight excluding hydrogens is 444 g/mol. The number of fused-ring (bicyclic) bond motifs is 2. The minimum atomic E-state index is 0.315. The Hall–Kier alpha value is -3.10. The van der Waals surface area contributed by atoms with E-state index in [9.17, 15) is 0 Å². The predicted molar refractivity (Wildman–Crippen MR) is 133 cm³/mol. The van der Waals surface area contributed by atoms with Crippen LogP contribution in [0.4, 0.5) is 5.82 Å². The van der Waals surface area contributed by atoms with Crippen LogP contribution in [0.15, 0.2) is 36.4 Å². The second-order valence-corrected chi connectivity index (χ2v) is 9.61. The number of anilines is 1. The first-order valence-electron chi connectivity index (χ1n) is 12.6. The number of piperidine rings is 1. The summed E-state index contributed by atoms with van der Waals surface area (Å²) < 4.78 is 22.1. The van der Waals surface area contributed by atoms with Crippen molar-refractivity contribution in [2.24, 2.45) is 0 Å². The number of nitrogens with zero attached hydrogens (tertiary/aromatic N) is 3. The number of nitrogens with one attached hydrogen (secondary N) is 1. The number of hydrogen-bond acceptors (Lipinski definition) is 8. The van der Waals surface area contributed by atoms with E-state index in [0.29, 0.717) is 18.8 Å². The predicted octanol–water partition coefficient (Wildman–Crippen LogP) is 4.34. The molecule has 3 aliphatic rings. The first-order chi connectivity index (χ1) is 17.3. The van der Waals surface area contributed by atoms with Gasteiger partial charge in [-0.1, -0.05) is 6.07 Å². The molecule has 2 saturated heterocycles. The zero-order chi connectivity index (χ0) is 23.6. The van der Waals surface area contributed by atoms with Crippen molar-refractivity contribution in [3.8, 4) is 17.2 Å². The molecule has 2 fully saturated rings. The molecule has 4 heterocycles. The van der Waals surface area contributed by atoms with Gasteiger partial charge in [0.15, 0.2) is 17.3 Å². The molecule has 0 bridgehead atoms. The SMILES string of the molecule is COc1ccc2c(C3CCOCC3)nnc(NC3CCN(Cc4ccc5c(c4)OCO5)CC3)c2c1. The molecule has 0 amide bonds. The summed E-state index contributed by atoms with van der Waals surface area (Å²) in [5, 5.41) is 15.3. The number of ether oxygens (including phenoxy) is 4. The van der Waals surface area contributed by atoms with Crippen LogP contribution >= 0.6 is 0 Å². The first kappa shape index (κ1) is 22.4. The first-order valence-corrected chi connectivity index (χ1v) is 12.6. The summed E-state index contributed by atoms with van der Waals surface area (Å²) >= 11 is 0. The van der Waals surface area contributed by atoms with Crippen LogP contribution in [0.2, 0.25) is 0 Å². The van der Waals surface area contributed by atoms with Crippen molar-refractivity contribution in [2.45, 2.75) is 44.2 Å². The molecule has 184 valence electrons. The van der Waals surface area contributed by atoms with Crippen molar-refractivity contribution in [1.82, 2.24) is 15.1 Å². The fraction of sp³-hybridized carbons (Fsp3) is 0.481. The average Bonchev–Trinajstić information content (AvgIpc) is 3.38. The van der Waals surface area contributed by atoms with Crippen LogP contribution in [0.1, 0.15) is 42.9 Å². The molecule has 8 heteroatoms. The Morgan fingerprint density at radius 1 is 0.943 bits per heavy atom. The van der Waals surface area contributed by atoms with Crippen molar-refractivity contribution in [2.75, 3.05) is 45.5 Å². The number of methoxy groups -OCH3 is 1. The van der Waals surface area contributed by atoms with Crippen LogP contribution in [0.25, 0.3) is 10.8 Å². The molecule has 0 saturated carbocycles. The summed E-state index contributed by atoms with van der Waals surface area (Å²) in [6, 6.07) is 12.8. The highest BCUT2D eigenvalue weighted by Crippen LogP contribution is 2.36. The maximum absolute atomic E-state index is 5.56. The normalized spacial score (nSPS) is 19.2. The summed E-state index contributed by atoms with van der Waals surface area (Å²) in [4.78, 5) is 2.50. The second-order valence-electron chi connectivity index (χ2n) is 9.61. The lowest BCUT2D eigenvalue weighted by molar-refractivity contribution is 0.0846. The molecule has 1 N–H and O–H groups in total. The fourth-order valence-corrected chi connectivity index (χ4v) is 5.39. The molecule has 2 aromatic carbocycles. The van der Waals surface area contributed by atoms with Gasteiger partial charge in [-0.3, -0.25) is 4.90 Å². The lowest BCUT2D eigenvalue weighted by Gasteiger charge is -2.33. The van der Waals surface area contributed by atoms with Crippen molar-refractivity contribution >= 4 is 16.6 Å². The van der Waals surface area contributed by atoms with Crippen LogP contribution in [0.5, 0.6) is 17.2 Å². The number of likely N-dealkylation sites (tertiary alicyclic amines) is 1. The van der Waals surface area contributed by atoms with Crippen molar-refractivity contribution < 1.29 is 18.9 Å². The number of rotatable bonds is 6. The van der Waals surface area contributed by atoms with Gasteiger partial charge in [-0.15, -0.1) is 5.10 Å². The third kappa shape index (κ3) is 4.73. The minimum absolute atomic E-state index is 0.315. The summed E-state index contributed by atoms with van der Waals surface area (Å²) in [7, 11) is 1.71. The van der Waals surface area contributed by atoms with Gasteiger partial charge in [-0.2, -0.15) is 5.10 Å². The van der Waals surface area contributed by atoms with Gasteiger partial charge in [0.25, 0.3) is 0 Å². The van der Waals surface area contributed by atoms with Crippen molar-refractivity contribution in [3.05, 3.63) is 47.7 Å².